The van der Waals surface area contributed by atoms with Crippen LogP contribution in [0.25, 0.3) is 12.2 Å². The summed E-state index contributed by atoms with van der Waals surface area (Å²) in [6.07, 6.45) is 18.1. The van der Waals surface area contributed by atoms with Gasteiger partial charge in [0.05, 0.1) is 12.8 Å². The third-order valence-corrected chi connectivity index (χ3v) is 5.09. The van der Waals surface area contributed by atoms with E-state index in [1.807, 2.05) is 14.1 Å². The number of benzene rings is 1. The van der Waals surface area contributed by atoms with Crippen molar-refractivity contribution in [3.63, 3.8) is 0 Å². The summed E-state index contributed by atoms with van der Waals surface area (Å²) >= 11 is 0. The number of hydrogen-bond donors (Lipinski definition) is 0. The number of rotatable bonds is 12. The van der Waals surface area contributed by atoms with Crippen molar-refractivity contribution < 1.29 is 9.30 Å². The van der Waals surface area contributed by atoms with Crippen LogP contribution >= 0.6 is 0 Å². The number of nitrogens with zero attached hydrogens (tertiary/aromatic N) is 2. The largest absolute Gasteiger partial charge is 0.495 e. The highest BCUT2D eigenvalue weighted by molar-refractivity contribution is 5.72. The molecule has 0 fully saturated rings. The lowest BCUT2D eigenvalue weighted by Gasteiger charge is -2.16. The molecule has 28 heavy (non-hydrogen) atoms. The molecule has 0 saturated carbocycles. The number of methoxy groups -OCH3 is 1. The minimum atomic E-state index is 0.896. The average molecular weight is 382 g/mol. The van der Waals surface area contributed by atoms with Gasteiger partial charge >= 0.3 is 0 Å². The number of ether oxygens (including phenoxy) is 1. The highest BCUT2D eigenvalue weighted by Gasteiger charge is 2.05. The van der Waals surface area contributed by atoms with Gasteiger partial charge in [-0.1, -0.05) is 57.2 Å². The second-order valence-electron chi connectivity index (χ2n) is 7.65. The van der Waals surface area contributed by atoms with E-state index in [4.69, 9.17) is 4.74 Å². The quantitative estimate of drug-likeness (QED) is 0.333. The first kappa shape index (κ1) is 22.0. The molecule has 152 valence electrons. The van der Waals surface area contributed by atoms with Crippen molar-refractivity contribution in [1.82, 2.24) is 0 Å². The van der Waals surface area contributed by atoms with Gasteiger partial charge in [-0.15, -0.1) is 0 Å². The van der Waals surface area contributed by atoms with Crippen LogP contribution in [-0.2, 0) is 6.54 Å². The number of aryl methyl sites for hydroxylation is 1. The summed E-state index contributed by atoms with van der Waals surface area (Å²) in [6, 6.07) is 10.7. The molecule has 1 heterocycles. The molecule has 0 radical (unpaired) electrons. The van der Waals surface area contributed by atoms with Crippen molar-refractivity contribution in [3.8, 4) is 5.75 Å². The van der Waals surface area contributed by atoms with E-state index >= 15 is 0 Å². The number of hydrogen-bond acceptors (Lipinski definition) is 2. The van der Waals surface area contributed by atoms with Gasteiger partial charge < -0.3 is 9.64 Å². The minimum Gasteiger partial charge on any atom is -0.495 e. The van der Waals surface area contributed by atoms with Crippen molar-refractivity contribution in [2.75, 3.05) is 26.1 Å². The van der Waals surface area contributed by atoms with E-state index in [0.717, 1.165) is 23.5 Å². The van der Waals surface area contributed by atoms with Crippen LogP contribution in [0.3, 0.4) is 0 Å². The molecule has 0 bridgehead atoms. The molecular formula is C25H37N2O+. The topological polar surface area (TPSA) is 16.4 Å². The van der Waals surface area contributed by atoms with E-state index in [2.05, 4.69) is 71.3 Å². The first-order valence-electron chi connectivity index (χ1n) is 10.7. The normalized spacial score (nSPS) is 11.1. The Kier molecular flexibility index (Phi) is 9.61. The molecular weight excluding hydrogens is 344 g/mol. The van der Waals surface area contributed by atoms with E-state index < -0.39 is 0 Å². The highest BCUT2D eigenvalue weighted by Crippen LogP contribution is 2.28. The monoisotopic (exact) mass is 381 g/mol. The summed E-state index contributed by atoms with van der Waals surface area (Å²) < 4.78 is 7.80. The Hall–Kier alpha value is -2.29. The zero-order valence-electron chi connectivity index (χ0n) is 18.2. The van der Waals surface area contributed by atoms with Gasteiger partial charge in [-0.05, 0) is 29.7 Å². The number of aromatic nitrogens is 1. The van der Waals surface area contributed by atoms with Gasteiger partial charge in [-0.3, -0.25) is 0 Å². The molecule has 2 rings (SSSR count). The first-order chi connectivity index (χ1) is 13.6. The second kappa shape index (κ2) is 12.2. The number of unbranched alkanes of at least 4 members (excludes halogenated alkanes) is 6. The highest BCUT2D eigenvalue weighted by atomic mass is 16.5. The zero-order chi connectivity index (χ0) is 20.2. The third kappa shape index (κ3) is 7.38. The summed E-state index contributed by atoms with van der Waals surface area (Å²) in [4.78, 5) is 2.06. The standard InChI is InChI=1S/C25H37N2O/c1-5-6-7-8-9-10-11-18-27-19-16-22(17-20-27)12-13-23-14-15-24(26(2)3)25(21-23)28-4/h12-17,19-21H,5-11,18H2,1-4H3/q+1. The Morgan fingerprint density at radius 1 is 0.857 bits per heavy atom. The summed E-state index contributed by atoms with van der Waals surface area (Å²) in [6.45, 7) is 3.38. The zero-order valence-corrected chi connectivity index (χ0v) is 18.2. The van der Waals surface area contributed by atoms with Gasteiger partial charge in [0.1, 0.15) is 12.3 Å². The van der Waals surface area contributed by atoms with Crippen LogP contribution in [0.5, 0.6) is 5.75 Å². The molecule has 3 nitrogen and oxygen atoms in total. The smallest absolute Gasteiger partial charge is 0.169 e. The molecule has 3 heteroatoms. The lowest BCUT2D eigenvalue weighted by Crippen LogP contribution is -2.32. The lowest BCUT2D eigenvalue weighted by atomic mass is 10.1. The molecule has 0 aliphatic carbocycles. The SMILES string of the molecule is CCCCCCCCC[n+]1ccc(C=Cc2ccc(N(C)C)c(OC)c2)cc1. The van der Waals surface area contributed by atoms with Crippen LogP contribution in [0.15, 0.2) is 42.7 Å². The Bertz CT molecular complexity index is 720. The average Bonchev–Trinajstić information content (AvgIpc) is 2.72. The van der Waals surface area contributed by atoms with Gasteiger partial charge in [0, 0.05) is 32.6 Å². The van der Waals surface area contributed by atoms with E-state index in [1.54, 1.807) is 7.11 Å². The predicted molar refractivity (Wildman–Crippen MR) is 121 cm³/mol. The molecule has 0 atom stereocenters. The Morgan fingerprint density at radius 3 is 2.14 bits per heavy atom. The van der Waals surface area contributed by atoms with Crippen LogP contribution in [0, 0.1) is 0 Å². The number of anilines is 1. The van der Waals surface area contributed by atoms with Gasteiger partial charge in [-0.25, -0.2) is 4.57 Å². The van der Waals surface area contributed by atoms with Gasteiger partial charge in [0.2, 0.25) is 0 Å². The Morgan fingerprint density at radius 2 is 1.50 bits per heavy atom. The van der Waals surface area contributed by atoms with Gasteiger partial charge in [-0.2, -0.15) is 0 Å². The van der Waals surface area contributed by atoms with Gasteiger partial charge in [0.15, 0.2) is 12.4 Å². The summed E-state index contributed by atoms with van der Waals surface area (Å²) in [5.74, 6) is 0.896. The van der Waals surface area contributed by atoms with Crippen molar-refractivity contribution in [2.45, 2.75) is 58.4 Å². The van der Waals surface area contributed by atoms with Crippen LogP contribution in [0.2, 0.25) is 0 Å². The van der Waals surface area contributed by atoms with E-state index in [0.29, 0.717) is 0 Å². The van der Waals surface area contributed by atoms with Crippen LogP contribution in [0.1, 0.15) is 63.0 Å². The molecule has 0 aliphatic rings. The van der Waals surface area contributed by atoms with Crippen LogP contribution < -0.4 is 14.2 Å². The lowest BCUT2D eigenvalue weighted by molar-refractivity contribution is -0.697. The second-order valence-corrected chi connectivity index (χ2v) is 7.65. The van der Waals surface area contributed by atoms with E-state index in [-0.39, 0.29) is 0 Å². The molecule has 1 aromatic carbocycles. The molecule has 0 amide bonds. The maximum atomic E-state index is 5.51. The van der Waals surface area contributed by atoms with Gasteiger partial charge in [0.25, 0.3) is 0 Å². The van der Waals surface area contributed by atoms with Crippen molar-refractivity contribution in [2.24, 2.45) is 0 Å². The molecule has 0 saturated heterocycles. The van der Waals surface area contributed by atoms with E-state index in [1.165, 1.54) is 50.5 Å². The summed E-state index contributed by atoms with van der Waals surface area (Å²) in [7, 11) is 5.77. The molecule has 2 aromatic rings. The van der Waals surface area contributed by atoms with Crippen molar-refractivity contribution >= 4 is 17.8 Å². The molecule has 1 aromatic heterocycles. The third-order valence-electron chi connectivity index (χ3n) is 5.09. The van der Waals surface area contributed by atoms with Crippen molar-refractivity contribution in [1.29, 1.82) is 0 Å². The van der Waals surface area contributed by atoms with E-state index in [9.17, 15) is 0 Å². The fraction of sp³-hybridized carbons (Fsp3) is 0.480. The molecule has 0 unspecified atom stereocenters. The summed E-state index contributed by atoms with van der Waals surface area (Å²) in [5.41, 5.74) is 3.44. The molecule has 0 spiro atoms. The Balaban J connectivity index is 1.83. The van der Waals surface area contributed by atoms with Crippen LogP contribution in [-0.4, -0.2) is 21.2 Å². The maximum absolute atomic E-state index is 5.51. The maximum Gasteiger partial charge on any atom is 0.169 e. The predicted octanol–water partition coefficient (Wildman–Crippen LogP) is 5.97. The molecule has 0 aliphatic heterocycles. The Labute approximate surface area is 171 Å². The fourth-order valence-electron chi connectivity index (χ4n) is 3.34. The number of pyridine rings is 1. The molecule has 0 N–H and O–H groups in total. The first-order valence-corrected chi connectivity index (χ1v) is 10.7. The van der Waals surface area contributed by atoms with Crippen molar-refractivity contribution in [3.05, 3.63) is 53.9 Å². The summed E-state index contributed by atoms with van der Waals surface area (Å²) in [5, 5.41) is 0. The minimum absolute atomic E-state index is 0.896. The van der Waals surface area contributed by atoms with Crippen LogP contribution in [0.4, 0.5) is 5.69 Å². The fourth-order valence-corrected chi connectivity index (χ4v) is 3.34.